The van der Waals surface area contributed by atoms with E-state index >= 15 is 0 Å². The molecule has 0 unspecified atom stereocenters. The van der Waals surface area contributed by atoms with Gasteiger partial charge in [-0.2, -0.15) is 4.80 Å². The van der Waals surface area contributed by atoms with Gasteiger partial charge < -0.3 is 9.26 Å². The molecular weight excluding hydrogens is 364 g/mol. The standard InChI is InChI=1S/C18H14N6O4/c1-23-20-18(19-22-23)13-4-8-15(9-5-13)27-11-16-10-17(21-28-16)12-2-6-14(7-3-12)24(25)26/h2-10H,11H2,1H3. The van der Waals surface area contributed by atoms with Crippen LogP contribution >= 0.6 is 0 Å². The molecule has 4 aromatic rings. The van der Waals surface area contributed by atoms with E-state index < -0.39 is 4.92 Å². The summed E-state index contributed by atoms with van der Waals surface area (Å²) in [5.41, 5.74) is 2.16. The molecule has 0 aliphatic rings. The van der Waals surface area contributed by atoms with Gasteiger partial charge in [-0.15, -0.1) is 10.2 Å². The highest BCUT2D eigenvalue weighted by Gasteiger charge is 2.10. The Morgan fingerprint density at radius 1 is 1.11 bits per heavy atom. The molecule has 0 amide bonds. The minimum absolute atomic E-state index is 0.0240. The summed E-state index contributed by atoms with van der Waals surface area (Å²) >= 11 is 0. The van der Waals surface area contributed by atoms with E-state index in [1.54, 1.807) is 37.4 Å². The van der Waals surface area contributed by atoms with Crippen LogP contribution in [-0.4, -0.2) is 30.3 Å². The number of hydrogen-bond acceptors (Lipinski definition) is 8. The summed E-state index contributed by atoms with van der Waals surface area (Å²) in [7, 11) is 1.70. The zero-order valence-electron chi connectivity index (χ0n) is 14.7. The van der Waals surface area contributed by atoms with Crippen molar-refractivity contribution in [3.63, 3.8) is 0 Å². The number of non-ortho nitro benzene ring substituents is 1. The molecule has 140 valence electrons. The van der Waals surface area contributed by atoms with E-state index in [-0.39, 0.29) is 12.3 Å². The van der Waals surface area contributed by atoms with Crippen LogP contribution in [0.1, 0.15) is 5.76 Å². The summed E-state index contributed by atoms with van der Waals surface area (Å²) in [6.45, 7) is 0.197. The van der Waals surface area contributed by atoms with Crippen LogP contribution in [0, 0.1) is 10.1 Å². The molecule has 2 heterocycles. The second kappa shape index (κ2) is 7.27. The number of benzene rings is 2. The molecule has 0 atom stereocenters. The van der Waals surface area contributed by atoms with Crippen molar-refractivity contribution in [1.82, 2.24) is 25.4 Å². The van der Waals surface area contributed by atoms with Gasteiger partial charge in [-0.25, -0.2) is 0 Å². The third-order valence-electron chi connectivity index (χ3n) is 3.93. The first-order chi connectivity index (χ1) is 13.6. The molecule has 0 aliphatic heterocycles. The molecule has 2 aromatic carbocycles. The lowest BCUT2D eigenvalue weighted by Crippen LogP contribution is -1.94. The molecule has 4 rings (SSSR count). The van der Waals surface area contributed by atoms with Crippen LogP contribution in [0.3, 0.4) is 0 Å². The average molecular weight is 378 g/mol. The molecule has 0 spiro atoms. The van der Waals surface area contributed by atoms with Gasteiger partial charge in [-0.3, -0.25) is 10.1 Å². The lowest BCUT2D eigenvalue weighted by Gasteiger charge is -2.03. The van der Waals surface area contributed by atoms with Crippen molar-refractivity contribution in [1.29, 1.82) is 0 Å². The number of nitro groups is 1. The number of aryl methyl sites for hydroxylation is 1. The Morgan fingerprint density at radius 2 is 1.82 bits per heavy atom. The SMILES string of the molecule is Cn1nnc(-c2ccc(OCc3cc(-c4ccc([N+](=O)[O-])cc4)no3)cc2)n1. The van der Waals surface area contributed by atoms with Crippen LogP contribution in [0.4, 0.5) is 5.69 Å². The Morgan fingerprint density at radius 3 is 2.46 bits per heavy atom. The van der Waals surface area contributed by atoms with E-state index in [0.29, 0.717) is 23.0 Å². The normalized spacial score (nSPS) is 10.8. The topological polar surface area (TPSA) is 122 Å². The molecule has 0 saturated heterocycles. The van der Waals surface area contributed by atoms with E-state index in [2.05, 4.69) is 20.6 Å². The second-order valence-corrected chi connectivity index (χ2v) is 5.90. The van der Waals surface area contributed by atoms with Gasteiger partial charge >= 0.3 is 0 Å². The van der Waals surface area contributed by atoms with Gasteiger partial charge in [0.15, 0.2) is 5.76 Å². The van der Waals surface area contributed by atoms with Crippen molar-refractivity contribution in [2.75, 3.05) is 0 Å². The fraction of sp³-hybridized carbons (Fsp3) is 0.111. The number of ether oxygens (including phenoxy) is 1. The molecule has 28 heavy (non-hydrogen) atoms. The first kappa shape index (κ1) is 17.3. The zero-order valence-corrected chi connectivity index (χ0v) is 14.7. The van der Waals surface area contributed by atoms with Crippen LogP contribution in [-0.2, 0) is 13.7 Å². The molecular formula is C18H14N6O4. The van der Waals surface area contributed by atoms with Crippen molar-refractivity contribution >= 4 is 5.69 Å². The molecule has 0 N–H and O–H groups in total. The predicted octanol–water partition coefficient (Wildman–Crippen LogP) is 3.02. The summed E-state index contributed by atoms with van der Waals surface area (Å²) in [5.74, 6) is 1.73. The van der Waals surface area contributed by atoms with Crippen molar-refractivity contribution in [2.45, 2.75) is 6.61 Å². The third kappa shape index (κ3) is 3.70. The van der Waals surface area contributed by atoms with Crippen molar-refractivity contribution in [3.05, 3.63) is 70.5 Å². The number of hydrogen-bond donors (Lipinski definition) is 0. The number of aromatic nitrogens is 5. The van der Waals surface area contributed by atoms with Gasteiger partial charge in [-0.1, -0.05) is 5.16 Å². The molecule has 0 fully saturated rings. The lowest BCUT2D eigenvalue weighted by atomic mass is 10.1. The van der Waals surface area contributed by atoms with E-state index in [1.807, 2.05) is 12.1 Å². The number of nitrogens with zero attached hydrogens (tertiary/aromatic N) is 6. The number of tetrazole rings is 1. The Hall–Kier alpha value is -4.08. The average Bonchev–Trinajstić information content (AvgIpc) is 3.36. The van der Waals surface area contributed by atoms with Crippen LogP contribution < -0.4 is 4.74 Å². The third-order valence-corrected chi connectivity index (χ3v) is 3.93. The van der Waals surface area contributed by atoms with Crippen molar-refractivity contribution in [2.24, 2.45) is 7.05 Å². The summed E-state index contributed by atoms with van der Waals surface area (Å²) < 4.78 is 11.0. The Kier molecular flexibility index (Phi) is 4.50. The largest absolute Gasteiger partial charge is 0.486 e. The number of rotatable bonds is 6. The van der Waals surface area contributed by atoms with Crippen LogP contribution in [0.25, 0.3) is 22.6 Å². The second-order valence-electron chi connectivity index (χ2n) is 5.90. The molecule has 10 nitrogen and oxygen atoms in total. The predicted molar refractivity (Wildman–Crippen MR) is 97.2 cm³/mol. The Balaban J connectivity index is 1.39. The van der Waals surface area contributed by atoms with E-state index in [4.69, 9.17) is 9.26 Å². The van der Waals surface area contributed by atoms with Gasteiger partial charge in [0.05, 0.1) is 12.0 Å². The van der Waals surface area contributed by atoms with Gasteiger partial charge in [0.25, 0.3) is 5.69 Å². The maximum atomic E-state index is 10.7. The zero-order chi connectivity index (χ0) is 19.5. The summed E-state index contributed by atoms with van der Waals surface area (Å²) in [6, 6.07) is 15.1. The smallest absolute Gasteiger partial charge is 0.269 e. The summed E-state index contributed by atoms with van der Waals surface area (Å²) in [5, 5.41) is 26.6. The molecule has 0 bridgehead atoms. The van der Waals surface area contributed by atoms with E-state index in [1.165, 1.54) is 16.9 Å². The molecule has 0 radical (unpaired) electrons. The lowest BCUT2D eigenvalue weighted by molar-refractivity contribution is -0.384. The van der Waals surface area contributed by atoms with Gasteiger partial charge in [0.1, 0.15) is 18.1 Å². The summed E-state index contributed by atoms with van der Waals surface area (Å²) in [6.07, 6.45) is 0. The highest BCUT2D eigenvalue weighted by atomic mass is 16.6. The van der Waals surface area contributed by atoms with E-state index in [0.717, 1.165) is 11.1 Å². The fourth-order valence-electron chi connectivity index (χ4n) is 2.53. The van der Waals surface area contributed by atoms with Crippen molar-refractivity contribution in [3.8, 4) is 28.4 Å². The molecule has 0 aliphatic carbocycles. The fourth-order valence-corrected chi connectivity index (χ4v) is 2.53. The quantitative estimate of drug-likeness (QED) is 0.371. The highest BCUT2D eigenvalue weighted by molar-refractivity contribution is 5.60. The minimum atomic E-state index is -0.447. The highest BCUT2D eigenvalue weighted by Crippen LogP contribution is 2.23. The van der Waals surface area contributed by atoms with Crippen LogP contribution in [0.2, 0.25) is 0 Å². The Bertz CT molecular complexity index is 1100. The van der Waals surface area contributed by atoms with Crippen molar-refractivity contribution < 1.29 is 14.2 Å². The molecule has 0 saturated carbocycles. The first-order valence-corrected chi connectivity index (χ1v) is 8.26. The monoisotopic (exact) mass is 378 g/mol. The minimum Gasteiger partial charge on any atom is -0.486 e. The molecule has 10 heteroatoms. The van der Waals surface area contributed by atoms with Crippen LogP contribution in [0.15, 0.2) is 59.1 Å². The van der Waals surface area contributed by atoms with E-state index in [9.17, 15) is 10.1 Å². The maximum Gasteiger partial charge on any atom is 0.269 e. The Labute approximate surface area is 158 Å². The van der Waals surface area contributed by atoms with Gasteiger partial charge in [-0.05, 0) is 41.6 Å². The van der Waals surface area contributed by atoms with Gasteiger partial charge in [0.2, 0.25) is 5.82 Å². The van der Waals surface area contributed by atoms with Crippen LogP contribution in [0.5, 0.6) is 5.75 Å². The van der Waals surface area contributed by atoms with Gasteiger partial charge in [0, 0.05) is 29.3 Å². The number of nitro benzene ring substituents is 1. The maximum absolute atomic E-state index is 10.7. The first-order valence-electron chi connectivity index (χ1n) is 8.26. The summed E-state index contributed by atoms with van der Waals surface area (Å²) in [4.78, 5) is 11.7. The molecule has 2 aromatic heterocycles.